The number of benzene rings is 1. The van der Waals surface area contributed by atoms with E-state index in [1.807, 2.05) is 40.9 Å². The van der Waals surface area contributed by atoms with Crippen LogP contribution in [0.4, 0.5) is 0 Å². The van der Waals surface area contributed by atoms with Gasteiger partial charge in [-0.3, -0.25) is 14.2 Å². The fraction of sp³-hybridized carbons (Fsp3) is 0.179. The summed E-state index contributed by atoms with van der Waals surface area (Å²) in [6.07, 6.45) is 10.9. The van der Waals surface area contributed by atoms with Gasteiger partial charge in [-0.1, -0.05) is 30.9 Å². The second kappa shape index (κ2) is 8.98. The van der Waals surface area contributed by atoms with Crippen molar-refractivity contribution in [3.05, 3.63) is 95.8 Å². The van der Waals surface area contributed by atoms with Gasteiger partial charge in [0.15, 0.2) is 0 Å². The summed E-state index contributed by atoms with van der Waals surface area (Å²) < 4.78 is 1.83. The van der Waals surface area contributed by atoms with Gasteiger partial charge in [-0.2, -0.15) is 0 Å². The number of nitrogens with two attached hydrogens (primary N) is 1. The zero-order valence-corrected chi connectivity index (χ0v) is 19.2. The molecular formula is C28H27N5O. The Kier molecular flexibility index (Phi) is 5.72. The molecule has 5 rings (SSSR count). The van der Waals surface area contributed by atoms with Crippen molar-refractivity contribution < 1.29 is 4.79 Å². The molecule has 34 heavy (non-hydrogen) atoms. The normalized spacial score (nSPS) is 13.8. The SMILES string of the molecule is C=Cc1ccc(-c2ncccc2-c2ccc3ncc(C(=O)NC4=C(N)CCCC4)n3c2)cc1C. The number of amides is 1. The Hall–Kier alpha value is -4.19. The van der Waals surface area contributed by atoms with Crippen molar-refractivity contribution in [3.8, 4) is 22.4 Å². The summed E-state index contributed by atoms with van der Waals surface area (Å²) >= 11 is 0. The number of nitrogens with zero attached hydrogens (tertiary/aromatic N) is 3. The lowest BCUT2D eigenvalue weighted by atomic mass is 9.97. The van der Waals surface area contributed by atoms with Gasteiger partial charge in [-0.15, -0.1) is 0 Å². The molecule has 0 saturated carbocycles. The predicted molar refractivity (Wildman–Crippen MR) is 136 cm³/mol. The molecular weight excluding hydrogens is 422 g/mol. The van der Waals surface area contributed by atoms with Gasteiger partial charge in [-0.05, 0) is 68.0 Å². The summed E-state index contributed by atoms with van der Waals surface area (Å²) in [6.45, 7) is 5.95. The first kappa shape index (κ1) is 21.6. The van der Waals surface area contributed by atoms with Crippen LogP contribution < -0.4 is 11.1 Å². The molecule has 0 unspecified atom stereocenters. The van der Waals surface area contributed by atoms with Crippen LogP contribution in [0.25, 0.3) is 34.1 Å². The molecule has 0 saturated heterocycles. The fourth-order valence-corrected chi connectivity index (χ4v) is 4.50. The van der Waals surface area contributed by atoms with Gasteiger partial charge in [0.05, 0.1) is 11.9 Å². The smallest absolute Gasteiger partial charge is 0.274 e. The molecule has 3 N–H and O–H groups in total. The molecule has 0 aliphatic heterocycles. The molecule has 0 radical (unpaired) electrons. The van der Waals surface area contributed by atoms with Crippen LogP contribution in [0.15, 0.2) is 79.0 Å². The number of pyridine rings is 2. The van der Waals surface area contributed by atoms with E-state index in [2.05, 4.69) is 47.0 Å². The standard InChI is InChI=1S/C28H27N5O/c1-3-19-10-11-20(15-18(19)2)27-22(7-6-14-30-27)21-12-13-26-31-16-25(33(26)17-21)28(34)32-24-9-5-4-8-23(24)29/h3,6-7,10-17H,1,4-5,8-9,29H2,2H3,(H,32,34). The number of allylic oxidation sites excluding steroid dienone is 2. The quantitative estimate of drug-likeness (QED) is 0.422. The second-order valence-electron chi connectivity index (χ2n) is 8.63. The number of rotatable bonds is 5. The summed E-state index contributed by atoms with van der Waals surface area (Å²) in [5.41, 5.74) is 15.0. The van der Waals surface area contributed by atoms with Gasteiger partial charge in [0.2, 0.25) is 0 Å². The van der Waals surface area contributed by atoms with E-state index in [1.54, 1.807) is 12.4 Å². The largest absolute Gasteiger partial charge is 0.401 e. The molecule has 3 aromatic heterocycles. The predicted octanol–water partition coefficient (Wildman–Crippen LogP) is 5.49. The van der Waals surface area contributed by atoms with Gasteiger partial charge in [-0.25, -0.2) is 4.98 Å². The van der Waals surface area contributed by atoms with Crippen LogP contribution in [0.1, 0.15) is 47.3 Å². The number of hydrogen-bond donors (Lipinski definition) is 2. The van der Waals surface area contributed by atoms with Crippen LogP contribution in [0, 0.1) is 6.92 Å². The summed E-state index contributed by atoms with van der Waals surface area (Å²) in [6, 6.07) is 14.1. The maximum Gasteiger partial charge on any atom is 0.274 e. The van der Waals surface area contributed by atoms with Crippen LogP contribution in [0.5, 0.6) is 0 Å². The first-order valence-electron chi connectivity index (χ1n) is 11.5. The number of nitrogens with one attached hydrogen (secondary N) is 1. The van der Waals surface area contributed by atoms with E-state index in [9.17, 15) is 4.79 Å². The number of hydrogen-bond acceptors (Lipinski definition) is 4. The molecule has 0 spiro atoms. The summed E-state index contributed by atoms with van der Waals surface area (Å²) in [5, 5.41) is 3.01. The maximum absolute atomic E-state index is 13.1. The molecule has 1 aromatic carbocycles. The lowest BCUT2D eigenvalue weighted by molar-refractivity contribution is 0.0957. The molecule has 170 valence electrons. The van der Waals surface area contributed by atoms with Crippen molar-refractivity contribution in [2.75, 3.05) is 0 Å². The Bertz CT molecular complexity index is 1450. The Morgan fingerprint density at radius 3 is 2.74 bits per heavy atom. The van der Waals surface area contributed by atoms with Gasteiger partial charge in [0.1, 0.15) is 11.3 Å². The molecule has 3 heterocycles. The van der Waals surface area contributed by atoms with E-state index >= 15 is 0 Å². The molecule has 1 aliphatic rings. The van der Waals surface area contributed by atoms with Crippen LogP contribution in [-0.2, 0) is 0 Å². The van der Waals surface area contributed by atoms with Gasteiger partial charge >= 0.3 is 0 Å². The highest BCUT2D eigenvalue weighted by Crippen LogP contribution is 2.32. The lowest BCUT2D eigenvalue weighted by Gasteiger charge is -2.18. The zero-order chi connectivity index (χ0) is 23.7. The van der Waals surface area contributed by atoms with E-state index in [0.29, 0.717) is 11.3 Å². The third-order valence-electron chi connectivity index (χ3n) is 6.40. The minimum atomic E-state index is -0.202. The lowest BCUT2D eigenvalue weighted by Crippen LogP contribution is -2.28. The van der Waals surface area contributed by atoms with E-state index in [-0.39, 0.29) is 5.91 Å². The molecule has 6 heteroatoms. The third-order valence-corrected chi connectivity index (χ3v) is 6.40. The van der Waals surface area contributed by atoms with E-state index < -0.39 is 0 Å². The molecule has 0 bridgehead atoms. The van der Waals surface area contributed by atoms with Crippen molar-refractivity contribution in [1.29, 1.82) is 0 Å². The molecule has 0 atom stereocenters. The van der Waals surface area contributed by atoms with Gasteiger partial charge in [0.25, 0.3) is 5.91 Å². The number of carbonyl (C=O) groups excluding carboxylic acids is 1. The van der Waals surface area contributed by atoms with Gasteiger partial charge in [0, 0.05) is 40.5 Å². The van der Waals surface area contributed by atoms with Crippen LogP contribution in [0.3, 0.4) is 0 Å². The fourth-order valence-electron chi connectivity index (χ4n) is 4.50. The van der Waals surface area contributed by atoms with Crippen LogP contribution >= 0.6 is 0 Å². The average molecular weight is 450 g/mol. The van der Waals surface area contributed by atoms with Crippen molar-refractivity contribution in [2.24, 2.45) is 5.73 Å². The molecule has 4 aromatic rings. The molecule has 6 nitrogen and oxygen atoms in total. The number of imidazole rings is 1. The number of carbonyl (C=O) groups is 1. The topological polar surface area (TPSA) is 85.3 Å². The Morgan fingerprint density at radius 2 is 1.94 bits per heavy atom. The summed E-state index contributed by atoms with van der Waals surface area (Å²) in [5.74, 6) is -0.202. The van der Waals surface area contributed by atoms with Crippen molar-refractivity contribution in [2.45, 2.75) is 32.6 Å². The number of aryl methyl sites for hydroxylation is 1. The average Bonchev–Trinajstić information content (AvgIpc) is 3.29. The molecule has 1 aliphatic carbocycles. The van der Waals surface area contributed by atoms with E-state index in [0.717, 1.165) is 70.6 Å². The summed E-state index contributed by atoms with van der Waals surface area (Å²) in [7, 11) is 0. The Labute approximate surface area is 198 Å². The zero-order valence-electron chi connectivity index (χ0n) is 19.2. The van der Waals surface area contributed by atoms with Gasteiger partial charge < -0.3 is 11.1 Å². The van der Waals surface area contributed by atoms with Crippen molar-refractivity contribution >= 4 is 17.6 Å². The first-order valence-corrected chi connectivity index (χ1v) is 11.5. The first-order chi connectivity index (χ1) is 16.5. The second-order valence-corrected chi connectivity index (χ2v) is 8.63. The maximum atomic E-state index is 13.1. The highest BCUT2D eigenvalue weighted by Gasteiger charge is 2.18. The minimum Gasteiger partial charge on any atom is -0.401 e. The van der Waals surface area contributed by atoms with Crippen LogP contribution in [-0.4, -0.2) is 20.3 Å². The summed E-state index contributed by atoms with van der Waals surface area (Å²) in [4.78, 5) is 22.2. The van der Waals surface area contributed by atoms with Crippen molar-refractivity contribution in [1.82, 2.24) is 19.7 Å². The highest BCUT2D eigenvalue weighted by molar-refractivity contribution is 5.94. The molecule has 1 amide bonds. The minimum absolute atomic E-state index is 0.202. The monoisotopic (exact) mass is 449 g/mol. The van der Waals surface area contributed by atoms with E-state index in [1.165, 1.54) is 0 Å². The highest BCUT2D eigenvalue weighted by atomic mass is 16.2. The third kappa shape index (κ3) is 3.99. The Morgan fingerprint density at radius 1 is 1.12 bits per heavy atom. The molecule has 0 fully saturated rings. The number of aromatic nitrogens is 3. The van der Waals surface area contributed by atoms with Crippen molar-refractivity contribution in [3.63, 3.8) is 0 Å². The van der Waals surface area contributed by atoms with E-state index in [4.69, 9.17) is 5.73 Å². The van der Waals surface area contributed by atoms with Crippen LogP contribution in [0.2, 0.25) is 0 Å². The Balaban J connectivity index is 1.54. The number of fused-ring (bicyclic) bond motifs is 1.